The van der Waals surface area contributed by atoms with Crippen LogP contribution in [0.15, 0.2) is 6.07 Å². The number of aromatic hydroxyl groups is 1. The fraction of sp³-hybridized carbons (Fsp3) is 0.543. The molecule has 1 saturated heterocycles. The number of methoxy groups -OCH3 is 1. The van der Waals surface area contributed by atoms with E-state index >= 15 is 0 Å². The Kier molecular flexibility index (Phi) is 11.7. The van der Waals surface area contributed by atoms with Crippen LogP contribution >= 0.6 is 0 Å². The maximum absolute atomic E-state index is 13.2. The van der Waals surface area contributed by atoms with Gasteiger partial charge < -0.3 is 34.7 Å². The van der Waals surface area contributed by atoms with Gasteiger partial charge in [0.05, 0.1) is 25.3 Å². The Morgan fingerprint density at radius 1 is 1.13 bits per heavy atom. The van der Waals surface area contributed by atoms with Crippen LogP contribution in [0.5, 0.6) is 28.7 Å². The molecule has 3 N–H and O–H groups in total. The molecule has 4 heterocycles. The second kappa shape index (κ2) is 15.2. The number of rotatable bonds is 8. The number of ether oxygens (including phenoxy) is 4. The van der Waals surface area contributed by atoms with Gasteiger partial charge in [0.15, 0.2) is 23.0 Å². The van der Waals surface area contributed by atoms with Gasteiger partial charge in [-0.2, -0.15) is 18.4 Å². The average molecular weight is 943 g/mol. The molecule has 4 aliphatic rings. The number of carbonyl (C=O) groups is 3. The molecule has 2 bridgehead atoms. The van der Waals surface area contributed by atoms with Crippen LogP contribution in [0.2, 0.25) is 0 Å². The van der Waals surface area contributed by atoms with Crippen LogP contribution in [0.25, 0.3) is 0 Å². The van der Waals surface area contributed by atoms with Gasteiger partial charge in [0, 0.05) is 91.4 Å². The van der Waals surface area contributed by atoms with Gasteiger partial charge in [-0.05, 0) is 58.2 Å². The van der Waals surface area contributed by atoms with Gasteiger partial charge in [-0.25, -0.2) is 0 Å². The van der Waals surface area contributed by atoms with E-state index in [2.05, 4.69) is 16.3 Å². The molecule has 0 saturated carbocycles. The number of esters is 1. The van der Waals surface area contributed by atoms with E-state index < -0.39 is 54.2 Å². The van der Waals surface area contributed by atoms with Crippen LogP contribution < -0.4 is 29.6 Å². The van der Waals surface area contributed by atoms with Crippen molar-refractivity contribution >= 4 is 17.8 Å². The molecule has 2 amide bonds. The zero-order chi connectivity index (χ0) is 37.1. The smallest absolute Gasteiger partial charge is 0.471 e. The number of amides is 2. The largest absolute Gasteiger partial charge is 0.507 e. The van der Waals surface area contributed by atoms with Gasteiger partial charge in [0.1, 0.15) is 17.8 Å². The zero-order valence-electron chi connectivity index (χ0n) is 29.6. The Balaban J connectivity index is 0.00000523. The van der Waals surface area contributed by atoms with Gasteiger partial charge in [0.25, 0.3) is 0 Å². The molecule has 2 aromatic carbocycles. The van der Waals surface area contributed by atoms with Crippen molar-refractivity contribution in [1.29, 1.82) is 5.26 Å². The molecule has 277 valence electrons. The molecular formula is C35H40AcF3N5O8. The molecule has 0 aliphatic carbocycles. The predicted molar refractivity (Wildman–Crippen MR) is 173 cm³/mol. The molecule has 17 heteroatoms. The van der Waals surface area contributed by atoms with Gasteiger partial charge in [-0.3, -0.25) is 24.2 Å². The number of nitriles is 1. The van der Waals surface area contributed by atoms with Crippen molar-refractivity contribution in [2.45, 2.75) is 95.8 Å². The number of alkyl halides is 3. The zero-order valence-corrected chi connectivity index (χ0v) is 34.4. The summed E-state index contributed by atoms with van der Waals surface area (Å²) in [5.74, 6) is -2.30. The number of hydrogen-bond donors (Lipinski definition) is 3. The summed E-state index contributed by atoms with van der Waals surface area (Å²) in [5.41, 5.74) is 3.76. The van der Waals surface area contributed by atoms with Crippen molar-refractivity contribution in [2.75, 3.05) is 27.5 Å². The van der Waals surface area contributed by atoms with E-state index in [0.717, 1.165) is 18.1 Å². The van der Waals surface area contributed by atoms with Crippen molar-refractivity contribution in [3.63, 3.8) is 0 Å². The summed E-state index contributed by atoms with van der Waals surface area (Å²) in [6.45, 7) is 6.18. The van der Waals surface area contributed by atoms with E-state index in [-0.39, 0.29) is 87.8 Å². The fourth-order valence-electron chi connectivity index (χ4n) is 8.18. The summed E-state index contributed by atoms with van der Waals surface area (Å²) >= 11 is 0. The summed E-state index contributed by atoms with van der Waals surface area (Å²) in [5, 5.41) is 26.8. The number of piperazine rings is 1. The maximum Gasteiger partial charge on any atom is 0.471 e. The maximum atomic E-state index is 13.2. The standard InChI is InChI=1S/C35H40F3N5O8.Ac/c1-7-8-24(44)51-32-25-18(9-15(2)29(32)48-6)10-20-22(12-39)43-21(27(25)42(20)5)11-19-26(31-30(49-14-50-31)16(3)28(19)45)23(43)13-40-33(46)17(4)41-34(47)35(36,37)38;/h9,17,20-23,27,45H,7-8,10-11,13-14H2,1-6H3,(H,40,46)(H,41,47);/t17-,20-,21?,22-,23-,27-;/m0./s1. The number of phenols is 1. The Hall–Kier alpha value is -3.31. The molecule has 2 aromatic rings. The number of benzene rings is 2. The quantitative estimate of drug-likeness (QED) is 0.263. The van der Waals surface area contributed by atoms with E-state index in [9.17, 15) is 37.9 Å². The molecule has 1 fully saturated rings. The van der Waals surface area contributed by atoms with E-state index in [4.69, 9.17) is 18.9 Å². The van der Waals surface area contributed by atoms with E-state index in [1.165, 1.54) is 7.11 Å². The molecule has 1 radical (unpaired) electrons. The normalized spacial score (nSPS) is 23.5. The number of likely N-dealkylation sites (N-methyl/N-ethyl adjacent to an activating group) is 1. The minimum Gasteiger partial charge on any atom is -0.507 e. The molecule has 0 aromatic heterocycles. The monoisotopic (exact) mass is 942 g/mol. The van der Waals surface area contributed by atoms with Crippen molar-refractivity contribution in [3.05, 3.63) is 39.4 Å². The molecule has 1 unspecified atom stereocenters. The molecule has 4 aliphatic heterocycles. The minimum atomic E-state index is -5.18. The predicted octanol–water partition coefficient (Wildman–Crippen LogP) is 3.41. The summed E-state index contributed by atoms with van der Waals surface area (Å²) in [6, 6.07) is -0.179. The van der Waals surface area contributed by atoms with Gasteiger partial charge in [0.2, 0.25) is 12.7 Å². The summed E-state index contributed by atoms with van der Waals surface area (Å²) in [7, 11) is 3.39. The molecule has 13 nitrogen and oxygen atoms in total. The Morgan fingerprint density at radius 3 is 2.46 bits per heavy atom. The average Bonchev–Trinajstić information content (AvgIpc) is 3.56. The van der Waals surface area contributed by atoms with Crippen LogP contribution in [0.3, 0.4) is 0 Å². The first-order chi connectivity index (χ1) is 24.1. The van der Waals surface area contributed by atoms with E-state index in [0.29, 0.717) is 52.3 Å². The fourth-order valence-corrected chi connectivity index (χ4v) is 8.18. The molecule has 0 spiro atoms. The summed E-state index contributed by atoms with van der Waals surface area (Å²) in [4.78, 5) is 41.8. The first kappa shape index (κ1) is 39.9. The number of halogens is 3. The van der Waals surface area contributed by atoms with Crippen LogP contribution in [0, 0.1) is 69.2 Å². The van der Waals surface area contributed by atoms with Gasteiger partial charge in [-0.1, -0.05) is 13.0 Å². The van der Waals surface area contributed by atoms with Crippen molar-refractivity contribution in [2.24, 2.45) is 0 Å². The Labute approximate surface area is 334 Å². The van der Waals surface area contributed by atoms with Crippen molar-refractivity contribution < 1.29 is 95.7 Å². The van der Waals surface area contributed by atoms with Crippen LogP contribution in [-0.4, -0.2) is 90.5 Å². The summed E-state index contributed by atoms with van der Waals surface area (Å²) < 4.78 is 62.4. The van der Waals surface area contributed by atoms with Gasteiger partial charge >= 0.3 is 18.1 Å². The third kappa shape index (κ3) is 6.69. The number of fused-ring (bicyclic) bond motifs is 9. The van der Waals surface area contributed by atoms with E-state index in [1.54, 1.807) is 12.2 Å². The first-order valence-electron chi connectivity index (χ1n) is 16.7. The second-order valence-corrected chi connectivity index (χ2v) is 13.4. The number of aryl methyl sites for hydroxylation is 1. The van der Waals surface area contributed by atoms with Gasteiger partial charge in [-0.15, -0.1) is 0 Å². The Bertz CT molecular complexity index is 1840. The SMILES string of the molecule is CCCC(=O)Oc1c(OC)c(C)cc2c1[C@@H]1C3Cc4c(O)c(C)c5c(c4[C@H](CNC(=O)[C@H](C)NC(=O)C(F)(F)F)N3[C@@H](C#N)[C@H](C2)N1C)OCO5.[Ac]. The number of nitrogens with one attached hydrogen (secondary N) is 2. The molecule has 6 atom stereocenters. The van der Waals surface area contributed by atoms with Crippen LogP contribution in [0.1, 0.15) is 72.2 Å². The second-order valence-electron chi connectivity index (χ2n) is 13.4. The number of hydrogen-bond acceptors (Lipinski definition) is 11. The number of carbonyl (C=O) groups excluding carboxylic acids is 3. The molecule has 6 rings (SSSR count). The minimum absolute atomic E-state index is 0. The third-order valence-electron chi connectivity index (χ3n) is 10.4. The molecule has 52 heavy (non-hydrogen) atoms. The van der Waals surface area contributed by atoms with E-state index in [1.807, 2.05) is 31.9 Å². The molecular weight excluding hydrogens is 902 g/mol. The van der Waals surface area contributed by atoms with Crippen molar-refractivity contribution in [1.82, 2.24) is 20.4 Å². The summed E-state index contributed by atoms with van der Waals surface area (Å²) in [6.07, 6.45) is -3.83. The van der Waals surface area contributed by atoms with Crippen LogP contribution in [0.4, 0.5) is 13.2 Å². The first-order valence-corrected chi connectivity index (χ1v) is 16.7. The van der Waals surface area contributed by atoms with Crippen LogP contribution in [-0.2, 0) is 27.2 Å². The third-order valence-corrected chi connectivity index (χ3v) is 10.4. The number of phenolic OH excluding ortho intramolecular Hbond substituents is 1. The Morgan fingerprint density at radius 2 is 1.83 bits per heavy atom. The van der Waals surface area contributed by atoms with Crippen molar-refractivity contribution in [3.8, 4) is 34.8 Å². The number of nitrogens with zero attached hydrogens (tertiary/aromatic N) is 3. The topological polar surface area (TPSA) is 163 Å².